The van der Waals surface area contributed by atoms with Crippen LogP contribution in [-0.4, -0.2) is 32.5 Å². The maximum absolute atomic E-state index is 12.0. The van der Waals surface area contributed by atoms with E-state index in [0.29, 0.717) is 34.8 Å². The predicted octanol–water partition coefficient (Wildman–Crippen LogP) is 3.48. The first-order valence-electron chi connectivity index (χ1n) is 8.01. The van der Waals surface area contributed by atoms with Gasteiger partial charge < -0.3 is 10.1 Å². The third-order valence-electron chi connectivity index (χ3n) is 3.36. The zero-order valence-electron chi connectivity index (χ0n) is 14.5. The summed E-state index contributed by atoms with van der Waals surface area (Å²) in [4.78, 5) is 12.0. The minimum Gasteiger partial charge on any atom is -0.486 e. The number of thioether (sulfide) groups is 1. The van der Waals surface area contributed by atoms with Crippen LogP contribution in [0, 0.1) is 0 Å². The largest absolute Gasteiger partial charge is 0.486 e. The van der Waals surface area contributed by atoms with Crippen LogP contribution in [0.15, 0.2) is 54.7 Å². The van der Waals surface area contributed by atoms with E-state index in [1.54, 1.807) is 36.4 Å². The molecule has 1 unspecified atom stereocenters. The van der Waals surface area contributed by atoms with Crippen molar-refractivity contribution in [1.29, 1.82) is 0 Å². The molecule has 0 spiro atoms. The number of nitrogens with one attached hydrogen (secondary N) is 1. The quantitative estimate of drug-likeness (QED) is 0.495. The van der Waals surface area contributed by atoms with Crippen LogP contribution in [0.1, 0.15) is 12.7 Å². The van der Waals surface area contributed by atoms with Crippen LogP contribution in [0.4, 0.5) is 0 Å². The molecule has 138 valence electrons. The minimum absolute atomic E-state index is 0.0815. The summed E-state index contributed by atoms with van der Waals surface area (Å²) < 4.78 is 7.62. The number of nitrogens with zero attached hydrogens (tertiary/aromatic N) is 3. The van der Waals surface area contributed by atoms with Crippen molar-refractivity contribution >= 4 is 29.3 Å². The molecule has 0 saturated heterocycles. The third-order valence-corrected chi connectivity index (χ3v) is 4.69. The van der Waals surface area contributed by atoms with Gasteiger partial charge in [-0.3, -0.25) is 9.36 Å². The van der Waals surface area contributed by atoms with Gasteiger partial charge in [0.25, 0.3) is 0 Å². The summed E-state index contributed by atoms with van der Waals surface area (Å²) in [5.74, 6) is 1.26. The molecular weight excluding hydrogens is 372 g/mol. The highest BCUT2D eigenvalue weighted by Crippen LogP contribution is 2.23. The Bertz CT molecular complexity index is 761. The smallest absolute Gasteiger partial charge is 0.233 e. The molecule has 0 saturated carbocycles. The molecule has 26 heavy (non-hydrogen) atoms. The summed E-state index contributed by atoms with van der Waals surface area (Å²) in [5, 5.41) is 12.1. The number of hydrogen-bond acceptors (Lipinski definition) is 5. The zero-order valence-corrected chi connectivity index (χ0v) is 16.1. The number of carbonyl (C=O) groups is 1. The second-order valence-corrected chi connectivity index (χ2v) is 7.08. The van der Waals surface area contributed by atoms with E-state index in [1.165, 1.54) is 11.8 Å². The van der Waals surface area contributed by atoms with E-state index in [9.17, 15) is 4.79 Å². The summed E-state index contributed by atoms with van der Waals surface area (Å²) >= 11 is 7.21. The molecule has 6 nitrogen and oxygen atoms in total. The Morgan fingerprint density at radius 3 is 2.73 bits per heavy atom. The van der Waals surface area contributed by atoms with E-state index < -0.39 is 0 Å². The fourth-order valence-electron chi connectivity index (χ4n) is 2.03. The number of amides is 1. The summed E-state index contributed by atoms with van der Waals surface area (Å²) in [6.45, 7) is 10.4. The predicted molar refractivity (Wildman–Crippen MR) is 105 cm³/mol. The second kappa shape index (κ2) is 10.0. The van der Waals surface area contributed by atoms with E-state index in [2.05, 4.69) is 28.7 Å². The number of carbonyl (C=O) groups excluding carboxylic acids is 1. The molecule has 1 heterocycles. The van der Waals surface area contributed by atoms with Gasteiger partial charge in [-0.2, -0.15) is 0 Å². The van der Waals surface area contributed by atoms with E-state index in [4.69, 9.17) is 16.3 Å². The van der Waals surface area contributed by atoms with Gasteiger partial charge in [0.2, 0.25) is 5.91 Å². The van der Waals surface area contributed by atoms with Gasteiger partial charge >= 0.3 is 0 Å². The lowest BCUT2D eigenvalue weighted by Gasteiger charge is -2.12. The number of allylic oxidation sites excluding steroid dienone is 1. The number of ether oxygens (including phenoxy) is 1. The van der Waals surface area contributed by atoms with Crippen LogP contribution in [0.3, 0.4) is 0 Å². The van der Waals surface area contributed by atoms with Gasteiger partial charge in [0, 0.05) is 18.1 Å². The summed E-state index contributed by atoms with van der Waals surface area (Å²) in [5.41, 5.74) is 0. The number of rotatable bonds is 10. The standard InChI is InChI=1S/C18H21ClN4O2S/c1-4-10-20-17(24)13(3)26-18-22-21-16(23(18)11-5-2)12-25-15-8-6-14(19)7-9-15/h4-9,13H,1-2,10-12H2,3H3,(H,20,24). The van der Waals surface area contributed by atoms with E-state index in [1.807, 2.05) is 11.5 Å². The molecule has 0 aliphatic carbocycles. The Morgan fingerprint density at radius 2 is 2.08 bits per heavy atom. The topological polar surface area (TPSA) is 69.0 Å². The first-order valence-corrected chi connectivity index (χ1v) is 9.27. The fourth-order valence-corrected chi connectivity index (χ4v) is 3.06. The van der Waals surface area contributed by atoms with Crippen LogP contribution < -0.4 is 10.1 Å². The molecule has 2 rings (SSSR count). The molecule has 0 bridgehead atoms. The maximum Gasteiger partial charge on any atom is 0.233 e. The Labute approximate surface area is 162 Å². The van der Waals surface area contributed by atoms with Gasteiger partial charge in [-0.1, -0.05) is 35.5 Å². The summed E-state index contributed by atoms with van der Waals surface area (Å²) in [6.07, 6.45) is 3.39. The highest BCUT2D eigenvalue weighted by atomic mass is 35.5. The van der Waals surface area contributed by atoms with E-state index in [-0.39, 0.29) is 17.8 Å². The molecule has 0 fully saturated rings. The monoisotopic (exact) mass is 392 g/mol. The Hall–Kier alpha value is -2.25. The Morgan fingerprint density at radius 1 is 1.35 bits per heavy atom. The highest BCUT2D eigenvalue weighted by molar-refractivity contribution is 8.00. The molecule has 8 heteroatoms. The molecule has 0 aliphatic heterocycles. The molecule has 1 aromatic heterocycles. The lowest BCUT2D eigenvalue weighted by Crippen LogP contribution is -2.31. The molecule has 0 radical (unpaired) electrons. The lowest BCUT2D eigenvalue weighted by atomic mass is 10.3. The van der Waals surface area contributed by atoms with Crippen molar-refractivity contribution < 1.29 is 9.53 Å². The summed E-state index contributed by atoms with van der Waals surface area (Å²) in [6, 6.07) is 7.10. The molecule has 0 aliphatic rings. The first-order chi connectivity index (χ1) is 12.5. The van der Waals surface area contributed by atoms with Gasteiger partial charge in [-0.25, -0.2) is 0 Å². The average Bonchev–Trinajstić information content (AvgIpc) is 3.01. The van der Waals surface area contributed by atoms with Crippen LogP contribution in [0.25, 0.3) is 0 Å². The van der Waals surface area contributed by atoms with Gasteiger partial charge in [0.05, 0.1) is 5.25 Å². The molecule has 2 aromatic rings. The van der Waals surface area contributed by atoms with Crippen molar-refractivity contribution in [2.75, 3.05) is 6.54 Å². The zero-order chi connectivity index (χ0) is 18.9. The number of benzene rings is 1. The SMILES string of the molecule is C=CCNC(=O)C(C)Sc1nnc(COc2ccc(Cl)cc2)n1CC=C. The van der Waals surface area contributed by atoms with Crippen molar-refractivity contribution in [3.63, 3.8) is 0 Å². The van der Waals surface area contributed by atoms with Gasteiger partial charge in [0.1, 0.15) is 12.4 Å². The fraction of sp³-hybridized carbons (Fsp3) is 0.278. The molecular formula is C18H21ClN4O2S. The third kappa shape index (κ3) is 5.64. The number of halogens is 1. The number of hydrogen-bond donors (Lipinski definition) is 1. The van der Waals surface area contributed by atoms with Crippen molar-refractivity contribution in [2.24, 2.45) is 0 Å². The molecule has 1 atom stereocenters. The van der Waals surface area contributed by atoms with Crippen molar-refractivity contribution in [2.45, 2.75) is 30.5 Å². The Balaban J connectivity index is 2.06. The van der Waals surface area contributed by atoms with Gasteiger partial charge in [-0.15, -0.1) is 23.4 Å². The molecule has 1 N–H and O–H groups in total. The highest BCUT2D eigenvalue weighted by Gasteiger charge is 2.19. The average molecular weight is 393 g/mol. The minimum atomic E-state index is -0.312. The molecule has 1 aromatic carbocycles. The maximum atomic E-state index is 12.0. The van der Waals surface area contributed by atoms with Crippen molar-refractivity contribution in [3.05, 3.63) is 60.4 Å². The van der Waals surface area contributed by atoms with Crippen molar-refractivity contribution in [1.82, 2.24) is 20.1 Å². The molecule has 1 amide bonds. The Kier molecular flexibility index (Phi) is 7.74. The van der Waals surface area contributed by atoms with Gasteiger partial charge in [0.15, 0.2) is 11.0 Å². The first kappa shape index (κ1) is 20.1. The van der Waals surface area contributed by atoms with Crippen LogP contribution in [-0.2, 0) is 17.9 Å². The number of aromatic nitrogens is 3. The van der Waals surface area contributed by atoms with Crippen LogP contribution in [0.2, 0.25) is 5.02 Å². The second-order valence-electron chi connectivity index (χ2n) is 5.33. The van der Waals surface area contributed by atoms with Crippen LogP contribution in [0.5, 0.6) is 5.75 Å². The van der Waals surface area contributed by atoms with Crippen LogP contribution >= 0.6 is 23.4 Å². The van der Waals surface area contributed by atoms with E-state index >= 15 is 0 Å². The summed E-state index contributed by atoms with van der Waals surface area (Å²) in [7, 11) is 0. The van der Waals surface area contributed by atoms with Gasteiger partial charge in [-0.05, 0) is 31.2 Å². The van der Waals surface area contributed by atoms with E-state index in [0.717, 1.165) is 0 Å². The van der Waals surface area contributed by atoms with Crippen molar-refractivity contribution in [3.8, 4) is 5.75 Å². The lowest BCUT2D eigenvalue weighted by molar-refractivity contribution is -0.120. The normalized spacial score (nSPS) is 11.6.